The van der Waals surface area contributed by atoms with E-state index in [4.69, 9.17) is 28.4 Å². The van der Waals surface area contributed by atoms with Gasteiger partial charge in [-0.05, 0) is 101 Å². The Bertz CT molecular complexity index is 1970. The van der Waals surface area contributed by atoms with Crippen LogP contribution in [0, 0.1) is 13.8 Å². The Balaban J connectivity index is 1.36. The van der Waals surface area contributed by atoms with Crippen molar-refractivity contribution < 1.29 is 47.6 Å². The average molecular weight is 742 g/mol. The molecule has 54 heavy (non-hydrogen) atoms. The summed E-state index contributed by atoms with van der Waals surface area (Å²) in [6.07, 6.45) is 1.19. The Morgan fingerprint density at radius 3 is 2.20 bits per heavy atom. The summed E-state index contributed by atoms with van der Waals surface area (Å²) < 4.78 is 33.2. The highest BCUT2D eigenvalue weighted by molar-refractivity contribution is 6.12. The number of rotatable bonds is 12. The van der Waals surface area contributed by atoms with E-state index < -0.39 is 35.7 Å². The van der Waals surface area contributed by atoms with Crippen molar-refractivity contribution in [1.29, 1.82) is 0 Å². The van der Waals surface area contributed by atoms with Crippen LogP contribution in [0.1, 0.15) is 81.4 Å². The zero-order chi connectivity index (χ0) is 39.0. The van der Waals surface area contributed by atoms with E-state index in [0.717, 1.165) is 16.5 Å². The van der Waals surface area contributed by atoms with E-state index in [1.807, 2.05) is 19.9 Å². The largest absolute Gasteiger partial charge is 0.467 e. The number of nitrogens with zero attached hydrogens (tertiary/aromatic N) is 2. The molecule has 13 heteroatoms. The van der Waals surface area contributed by atoms with Crippen molar-refractivity contribution in [1.82, 2.24) is 15.2 Å². The second kappa shape index (κ2) is 17.5. The smallest absolute Gasteiger partial charge is 0.410 e. The number of fused-ring (bicyclic) bond motifs is 1. The molecule has 0 bridgehead atoms. The van der Waals surface area contributed by atoms with Crippen LogP contribution in [0.2, 0.25) is 0 Å². The van der Waals surface area contributed by atoms with Crippen LogP contribution in [0.15, 0.2) is 66.9 Å². The zero-order valence-corrected chi connectivity index (χ0v) is 31.7. The highest BCUT2D eigenvalue weighted by Crippen LogP contribution is 2.29. The van der Waals surface area contributed by atoms with Crippen LogP contribution in [0.5, 0.6) is 11.5 Å². The van der Waals surface area contributed by atoms with E-state index in [1.54, 1.807) is 69.4 Å². The van der Waals surface area contributed by atoms with Gasteiger partial charge in [-0.3, -0.25) is 14.6 Å². The molecular formula is C41H47N3O10. The van der Waals surface area contributed by atoms with Gasteiger partial charge in [0, 0.05) is 50.0 Å². The summed E-state index contributed by atoms with van der Waals surface area (Å²) in [7, 11) is 3.02. The molecule has 4 aromatic rings. The molecular weight excluding hydrogens is 694 g/mol. The molecule has 1 N–H and O–H groups in total. The van der Waals surface area contributed by atoms with E-state index in [0.29, 0.717) is 53.1 Å². The van der Waals surface area contributed by atoms with Crippen molar-refractivity contribution in [3.8, 4) is 11.5 Å². The average Bonchev–Trinajstić information content (AvgIpc) is 3.34. The lowest BCUT2D eigenvalue weighted by molar-refractivity contribution is 0.0127. The highest BCUT2D eigenvalue weighted by atomic mass is 16.7. The third-order valence-corrected chi connectivity index (χ3v) is 8.72. The number of amides is 2. The van der Waals surface area contributed by atoms with Gasteiger partial charge in [-0.25, -0.2) is 9.59 Å². The molecule has 1 fully saturated rings. The van der Waals surface area contributed by atoms with Crippen LogP contribution in [0.25, 0.3) is 10.9 Å². The predicted octanol–water partition coefficient (Wildman–Crippen LogP) is 6.40. The number of carbonyl (C=O) groups is 4. The van der Waals surface area contributed by atoms with E-state index in [2.05, 4.69) is 10.3 Å². The van der Waals surface area contributed by atoms with Gasteiger partial charge >= 0.3 is 12.1 Å². The van der Waals surface area contributed by atoms with Crippen molar-refractivity contribution in [3.05, 3.63) is 100 Å². The second-order valence-electron chi connectivity index (χ2n) is 14.1. The fraction of sp³-hybridized carbons (Fsp3) is 0.390. The van der Waals surface area contributed by atoms with E-state index >= 15 is 0 Å². The summed E-state index contributed by atoms with van der Waals surface area (Å²) in [6.45, 7) is 9.42. The Hall–Kier alpha value is -5.53. The molecule has 0 saturated carbocycles. The number of hydrogen-bond donors (Lipinski definition) is 1. The molecule has 0 unspecified atom stereocenters. The van der Waals surface area contributed by atoms with Crippen molar-refractivity contribution in [3.63, 3.8) is 0 Å². The molecule has 2 atom stereocenters. The quantitative estimate of drug-likeness (QED) is 0.0975. The zero-order valence-electron chi connectivity index (χ0n) is 31.7. The number of nitrogens with one attached hydrogen (secondary N) is 1. The second-order valence-corrected chi connectivity index (χ2v) is 14.1. The molecule has 1 aromatic heterocycles. The van der Waals surface area contributed by atoms with Gasteiger partial charge in [-0.15, -0.1) is 0 Å². The number of ketones is 1. The van der Waals surface area contributed by atoms with Crippen LogP contribution in [-0.4, -0.2) is 92.3 Å². The first-order valence-corrected chi connectivity index (χ1v) is 17.7. The predicted molar refractivity (Wildman–Crippen MR) is 200 cm³/mol. The van der Waals surface area contributed by atoms with Crippen molar-refractivity contribution in [2.45, 2.75) is 65.2 Å². The van der Waals surface area contributed by atoms with Gasteiger partial charge < -0.3 is 38.6 Å². The maximum atomic E-state index is 13.7. The lowest BCUT2D eigenvalue weighted by atomic mass is 9.99. The number of pyridine rings is 1. The van der Waals surface area contributed by atoms with Crippen LogP contribution in [0.3, 0.4) is 0 Å². The number of aromatic nitrogens is 1. The third kappa shape index (κ3) is 9.91. The molecule has 3 aromatic carbocycles. The van der Waals surface area contributed by atoms with Crippen LogP contribution in [0.4, 0.5) is 4.79 Å². The molecule has 1 saturated heterocycles. The first kappa shape index (κ1) is 39.7. The fourth-order valence-corrected chi connectivity index (χ4v) is 6.22. The summed E-state index contributed by atoms with van der Waals surface area (Å²) in [5, 5.41) is 3.82. The number of ether oxygens (including phenoxy) is 6. The summed E-state index contributed by atoms with van der Waals surface area (Å²) in [5.41, 5.74) is 2.59. The van der Waals surface area contributed by atoms with Gasteiger partial charge in [0.25, 0.3) is 5.91 Å². The maximum absolute atomic E-state index is 13.7. The SMILES string of the molecule is COCOc1cc2cccnc2cc1C(=O)c1ccc(C(=O)O[C@@H]2CCCN(C(=O)OC(C)(C)C)C[C@H]2NC(=O)c2cc(C)c(OCOC)c(C)c2)cc1. The number of esters is 1. The minimum Gasteiger partial charge on any atom is -0.467 e. The molecule has 2 heterocycles. The molecule has 0 aliphatic carbocycles. The van der Waals surface area contributed by atoms with E-state index in [1.165, 1.54) is 31.3 Å². The van der Waals surface area contributed by atoms with E-state index in [-0.39, 0.29) is 31.5 Å². The molecule has 1 aliphatic heterocycles. The van der Waals surface area contributed by atoms with Crippen molar-refractivity contribution in [2.75, 3.05) is 40.9 Å². The Kier molecular flexibility index (Phi) is 12.9. The molecule has 5 rings (SSSR count). The van der Waals surface area contributed by atoms with Gasteiger partial charge in [0.15, 0.2) is 19.4 Å². The van der Waals surface area contributed by atoms with Gasteiger partial charge in [0.2, 0.25) is 0 Å². The molecule has 0 radical (unpaired) electrons. The van der Waals surface area contributed by atoms with Crippen LogP contribution >= 0.6 is 0 Å². The van der Waals surface area contributed by atoms with Gasteiger partial charge in [0.1, 0.15) is 23.2 Å². The molecule has 0 spiro atoms. The standard InChI is InChI=1S/C41H47N3O10/c1-25-18-30(19-26(2)37(25)52-24-50-7)38(46)43-33-22-44(40(48)54-41(3,4)5)17-9-11-34(33)53-39(47)28-14-12-27(13-15-28)36(45)31-21-32-29(10-8-16-42-32)20-35(31)51-23-49-6/h8,10,12-16,18-21,33-34H,9,11,17,22-24H2,1-7H3,(H,43,46)/t33-,34-/m1/s1. The Morgan fingerprint density at radius 2 is 1.54 bits per heavy atom. The topological polar surface area (TPSA) is 152 Å². The summed E-state index contributed by atoms with van der Waals surface area (Å²) in [6, 6.07) is 15.8. The maximum Gasteiger partial charge on any atom is 0.410 e. The highest BCUT2D eigenvalue weighted by Gasteiger charge is 2.35. The fourth-order valence-electron chi connectivity index (χ4n) is 6.22. The number of carbonyl (C=O) groups excluding carboxylic acids is 4. The normalized spacial score (nSPS) is 15.9. The van der Waals surface area contributed by atoms with Gasteiger partial charge in [-0.2, -0.15) is 0 Å². The summed E-state index contributed by atoms with van der Waals surface area (Å²) in [4.78, 5) is 60.1. The molecule has 13 nitrogen and oxygen atoms in total. The lowest BCUT2D eigenvalue weighted by Crippen LogP contribution is -2.51. The monoisotopic (exact) mass is 741 g/mol. The van der Waals surface area contributed by atoms with Crippen molar-refractivity contribution in [2.24, 2.45) is 0 Å². The molecule has 286 valence electrons. The molecule has 1 aliphatic rings. The first-order chi connectivity index (χ1) is 25.8. The minimum atomic E-state index is -0.785. The lowest BCUT2D eigenvalue weighted by Gasteiger charge is -2.30. The Morgan fingerprint density at radius 1 is 0.870 bits per heavy atom. The molecule has 2 amide bonds. The van der Waals surface area contributed by atoms with E-state index in [9.17, 15) is 19.2 Å². The van der Waals surface area contributed by atoms with Crippen molar-refractivity contribution >= 4 is 34.7 Å². The van der Waals surface area contributed by atoms with Crippen LogP contribution in [-0.2, 0) is 18.9 Å². The number of methoxy groups -OCH3 is 2. The minimum absolute atomic E-state index is 0.0487. The van der Waals surface area contributed by atoms with Gasteiger partial charge in [-0.1, -0.05) is 18.2 Å². The first-order valence-electron chi connectivity index (χ1n) is 17.7. The number of likely N-dealkylation sites (tertiary alicyclic amines) is 1. The summed E-state index contributed by atoms with van der Waals surface area (Å²) in [5.74, 6) is -0.418. The summed E-state index contributed by atoms with van der Waals surface area (Å²) >= 11 is 0. The number of hydrogen-bond acceptors (Lipinski definition) is 11. The third-order valence-electron chi connectivity index (χ3n) is 8.72. The number of aryl methyl sites for hydroxylation is 2. The van der Waals surface area contributed by atoms with Gasteiger partial charge in [0.05, 0.1) is 22.7 Å². The van der Waals surface area contributed by atoms with Crippen LogP contribution < -0.4 is 14.8 Å². The Labute approximate surface area is 314 Å². The number of benzene rings is 3.